The van der Waals surface area contributed by atoms with Gasteiger partial charge in [-0.1, -0.05) is 0 Å². The summed E-state index contributed by atoms with van der Waals surface area (Å²) in [4.78, 5) is 20.2. The van der Waals surface area contributed by atoms with Crippen molar-refractivity contribution >= 4 is 17.4 Å². The fourth-order valence-electron chi connectivity index (χ4n) is 1.67. The predicted molar refractivity (Wildman–Crippen MR) is 77.1 cm³/mol. The van der Waals surface area contributed by atoms with E-state index in [1.54, 1.807) is 0 Å². The number of ether oxygens (including phenoxy) is 1. The Morgan fingerprint density at radius 2 is 2.19 bits per heavy atom. The van der Waals surface area contributed by atoms with Crippen LogP contribution in [0.5, 0.6) is 5.75 Å². The minimum absolute atomic E-state index is 0.0558. The average molecular weight is 290 g/mol. The standard InChI is InChI=1S/C14H15FN4O2/c1-3-17-13-8-16-7-11(19-13)14(20)18-9-4-5-10(15)12(6-9)21-2/h4-8H,3H2,1-2H3,(H,17,19)(H,18,20). The third kappa shape index (κ3) is 3.65. The number of nitrogens with zero attached hydrogens (tertiary/aromatic N) is 2. The van der Waals surface area contributed by atoms with Crippen molar-refractivity contribution in [2.45, 2.75) is 6.92 Å². The summed E-state index contributed by atoms with van der Waals surface area (Å²) in [7, 11) is 1.36. The minimum atomic E-state index is -0.496. The van der Waals surface area contributed by atoms with Crippen LogP contribution < -0.4 is 15.4 Å². The number of carbonyl (C=O) groups excluding carboxylic acids is 1. The molecule has 2 N–H and O–H groups in total. The van der Waals surface area contributed by atoms with Gasteiger partial charge in [-0.2, -0.15) is 0 Å². The zero-order chi connectivity index (χ0) is 15.2. The van der Waals surface area contributed by atoms with Crippen molar-refractivity contribution in [2.75, 3.05) is 24.3 Å². The summed E-state index contributed by atoms with van der Waals surface area (Å²) in [5.74, 6) is -0.359. The normalized spacial score (nSPS) is 10.0. The zero-order valence-corrected chi connectivity index (χ0v) is 11.7. The van der Waals surface area contributed by atoms with Gasteiger partial charge in [0.25, 0.3) is 5.91 Å². The van der Waals surface area contributed by atoms with Gasteiger partial charge in [0, 0.05) is 18.3 Å². The molecule has 0 saturated heterocycles. The molecule has 2 rings (SSSR count). The van der Waals surface area contributed by atoms with E-state index in [0.29, 0.717) is 18.1 Å². The van der Waals surface area contributed by atoms with Crippen LogP contribution in [-0.2, 0) is 0 Å². The number of hydrogen-bond donors (Lipinski definition) is 2. The van der Waals surface area contributed by atoms with E-state index in [2.05, 4.69) is 20.6 Å². The second-order valence-electron chi connectivity index (χ2n) is 4.12. The van der Waals surface area contributed by atoms with Crippen LogP contribution in [0.25, 0.3) is 0 Å². The molecule has 0 atom stereocenters. The number of nitrogens with one attached hydrogen (secondary N) is 2. The summed E-state index contributed by atoms with van der Waals surface area (Å²) in [6.07, 6.45) is 2.89. The van der Waals surface area contributed by atoms with Gasteiger partial charge in [0.15, 0.2) is 11.6 Å². The highest BCUT2D eigenvalue weighted by Crippen LogP contribution is 2.21. The molecule has 0 bridgehead atoms. The number of aromatic nitrogens is 2. The Hall–Kier alpha value is -2.70. The smallest absolute Gasteiger partial charge is 0.275 e. The summed E-state index contributed by atoms with van der Waals surface area (Å²) < 4.78 is 18.2. The van der Waals surface area contributed by atoms with Crippen LogP contribution in [0.3, 0.4) is 0 Å². The fraction of sp³-hybridized carbons (Fsp3) is 0.214. The molecule has 1 aromatic carbocycles. The number of rotatable bonds is 5. The van der Waals surface area contributed by atoms with Gasteiger partial charge in [0.05, 0.1) is 19.5 Å². The van der Waals surface area contributed by atoms with Gasteiger partial charge >= 0.3 is 0 Å². The van der Waals surface area contributed by atoms with E-state index in [1.165, 1.54) is 37.7 Å². The second-order valence-corrected chi connectivity index (χ2v) is 4.12. The van der Waals surface area contributed by atoms with Gasteiger partial charge in [-0.15, -0.1) is 0 Å². The van der Waals surface area contributed by atoms with E-state index >= 15 is 0 Å². The first-order chi connectivity index (χ1) is 10.1. The van der Waals surface area contributed by atoms with Crippen molar-refractivity contribution in [2.24, 2.45) is 0 Å². The minimum Gasteiger partial charge on any atom is -0.494 e. The van der Waals surface area contributed by atoms with Crippen LogP contribution in [-0.4, -0.2) is 29.5 Å². The second kappa shape index (κ2) is 6.65. The van der Waals surface area contributed by atoms with Gasteiger partial charge in [0.2, 0.25) is 0 Å². The molecule has 0 aliphatic carbocycles. The highest BCUT2D eigenvalue weighted by Gasteiger charge is 2.11. The topological polar surface area (TPSA) is 76.1 Å². The van der Waals surface area contributed by atoms with Crippen LogP contribution >= 0.6 is 0 Å². The summed E-state index contributed by atoms with van der Waals surface area (Å²) in [5.41, 5.74) is 0.575. The Labute approximate surface area is 121 Å². The molecule has 6 nitrogen and oxygen atoms in total. The van der Waals surface area contributed by atoms with Crippen molar-refractivity contribution in [3.05, 3.63) is 42.1 Å². The number of methoxy groups -OCH3 is 1. The molecule has 0 spiro atoms. The Morgan fingerprint density at radius 1 is 1.38 bits per heavy atom. The molecule has 7 heteroatoms. The number of benzene rings is 1. The molecule has 110 valence electrons. The number of hydrogen-bond acceptors (Lipinski definition) is 5. The SMILES string of the molecule is CCNc1cncc(C(=O)Nc2ccc(F)c(OC)c2)n1. The van der Waals surface area contributed by atoms with Gasteiger partial charge in [-0.3, -0.25) is 9.78 Å². The Morgan fingerprint density at radius 3 is 2.90 bits per heavy atom. The number of amides is 1. The highest BCUT2D eigenvalue weighted by atomic mass is 19.1. The van der Waals surface area contributed by atoms with E-state index in [0.717, 1.165) is 0 Å². The number of carbonyl (C=O) groups is 1. The summed E-state index contributed by atoms with van der Waals surface area (Å²) in [5, 5.41) is 5.58. The van der Waals surface area contributed by atoms with E-state index in [1.807, 2.05) is 6.92 Å². The molecule has 1 amide bonds. The van der Waals surface area contributed by atoms with E-state index in [4.69, 9.17) is 4.74 Å². The molecule has 0 radical (unpaired) electrons. The van der Waals surface area contributed by atoms with Crippen molar-refractivity contribution in [3.63, 3.8) is 0 Å². The van der Waals surface area contributed by atoms with Crippen molar-refractivity contribution in [1.29, 1.82) is 0 Å². The first-order valence-electron chi connectivity index (χ1n) is 6.35. The maximum atomic E-state index is 13.3. The molecule has 2 aromatic rings. The highest BCUT2D eigenvalue weighted by molar-refractivity contribution is 6.02. The number of anilines is 2. The van der Waals surface area contributed by atoms with E-state index in [9.17, 15) is 9.18 Å². The molecule has 0 fully saturated rings. The van der Waals surface area contributed by atoms with Crippen LogP contribution in [0, 0.1) is 5.82 Å². The molecule has 0 aliphatic heterocycles. The van der Waals surface area contributed by atoms with Crippen LogP contribution in [0.4, 0.5) is 15.9 Å². The first-order valence-corrected chi connectivity index (χ1v) is 6.35. The summed E-state index contributed by atoms with van der Waals surface area (Å²) in [6.45, 7) is 2.59. The molecule has 1 aromatic heterocycles. The lowest BCUT2D eigenvalue weighted by Crippen LogP contribution is -2.15. The Bertz CT molecular complexity index is 649. The lowest BCUT2D eigenvalue weighted by atomic mass is 10.2. The van der Waals surface area contributed by atoms with E-state index < -0.39 is 11.7 Å². The van der Waals surface area contributed by atoms with Gasteiger partial charge in [0.1, 0.15) is 11.5 Å². The van der Waals surface area contributed by atoms with Crippen LogP contribution in [0.1, 0.15) is 17.4 Å². The average Bonchev–Trinajstić information content (AvgIpc) is 2.50. The zero-order valence-electron chi connectivity index (χ0n) is 11.7. The van der Waals surface area contributed by atoms with Crippen LogP contribution in [0.2, 0.25) is 0 Å². The number of halogens is 1. The van der Waals surface area contributed by atoms with Gasteiger partial charge < -0.3 is 15.4 Å². The summed E-state index contributed by atoms with van der Waals surface area (Å²) >= 11 is 0. The van der Waals surface area contributed by atoms with Gasteiger partial charge in [-0.25, -0.2) is 9.37 Å². The molecule has 1 heterocycles. The maximum absolute atomic E-state index is 13.3. The molecule has 21 heavy (non-hydrogen) atoms. The lowest BCUT2D eigenvalue weighted by Gasteiger charge is -2.08. The monoisotopic (exact) mass is 290 g/mol. The lowest BCUT2D eigenvalue weighted by molar-refractivity contribution is 0.102. The quantitative estimate of drug-likeness (QED) is 0.883. The fourth-order valence-corrected chi connectivity index (χ4v) is 1.67. The van der Waals surface area contributed by atoms with Crippen molar-refractivity contribution < 1.29 is 13.9 Å². The van der Waals surface area contributed by atoms with Crippen LogP contribution in [0.15, 0.2) is 30.6 Å². The van der Waals surface area contributed by atoms with Gasteiger partial charge in [-0.05, 0) is 19.1 Å². The third-order valence-corrected chi connectivity index (χ3v) is 2.63. The largest absolute Gasteiger partial charge is 0.494 e. The Kier molecular flexibility index (Phi) is 4.65. The Balaban J connectivity index is 2.16. The maximum Gasteiger partial charge on any atom is 0.275 e. The molecule has 0 aliphatic rings. The molecule has 0 saturated carbocycles. The first kappa shape index (κ1) is 14.7. The summed E-state index contributed by atoms with van der Waals surface area (Å²) in [6, 6.07) is 4.06. The molecular weight excluding hydrogens is 275 g/mol. The molecule has 0 unspecified atom stereocenters. The predicted octanol–water partition coefficient (Wildman–Crippen LogP) is 2.31. The third-order valence-electron chi connectivity index (χ3n) is 2.63. The van der Waals surface area contributed by atoms with Crippen molar-refractivity contribution in [1.82, 2.24) is 9.97 Å². The molecular formula is C14H15FN4O2. The van der Waals surface area contributed by atoms with Crippen molar-refractivity contribution in [3.8, 4) is 5.75 Å². The van der Waals surface area contributed by atoms with E-state index in [-0.39, 0.29) is 11.4 Å².